The van der Waals surface area contributed by atoms with Crippen LogP contribution in [0.4, 0.5) is 0 Å². The summed E-state index contributed by atoms with van der Waals surface area (Å²) in [7, 11) is 0. The molecule has 1 aliphatic carbocycles. The topological polar surface area (TPSA) is 55.2 Å². The summed E-state index contributed by atoms with van der Waals surface area (Å²) in [6.45, 7) is 0. The molecular weight excluding hydrogens is 699 g/mol. The summed E-state index contributed by atoms with van der Waals surface area (Å²) < 4.78 is 13.8. The average Bonchev–Trinajstić information content (AvgIpc) is 3.58. The van der Waals surface area contributed by atoms with Crippen molar-refractivity contribution in [1.82, 2.24) is 5.32 Å². The summed E-state index contributed by atoms with van der Waals surface area (Å²) in [5.74, 6) is 3.94. The Bertz CT molecular complexity index is 2810. The number of benzene rings is 8. The maximum atomic E-state index is 6.94. The Morgan fingerprint density at radius 1 is 0.404 bits per heavy atom. The number of fused-ring (bicyclic) bond motifs is 5. The minimum atomic E-state index is -0.544. The van der Waals surface area contributed by atoms with Gasteiger partial charge in [0.2, 0.25) is 0 Å². The molecule has 270 valence electrons. The summed E-state index contributed by atoms with van der Waals surface area (Å²) in [6.07, 6.45) is -0.474. The van der Waals surface area contributed by atoms with Crippen LogP contribution in [-0.2, 0) is 5.41 Å². The molecule has 0 saturated heterocycles. The van der Waals surface area contributed by atoms with E-state index in [1.54, 1.807) is 0 Å². The molecule has 2 aliphatic heterocycles. The summed E-state index contributed by atoms with van der Waals surface area (Å²) in [5.41, 5.74) is 11.6. The Kier molecular flexibility index (Phi) is 7.71. The summed E-state index contributed by atoms with van der Waals surface area (Å²) >= 11 is 0. The van der Waals surface area contributed by atoms with Crippen LogP contribution in [-0.4, -0.2) is 11.7 Å². The van der Waals surface area contributed by atoms with Crippen LogP contribution in [0, 0.1) is 0 Å². The number of hydrogen-bond acceptors (Lipinski definition) is 5. The van der Waals surface area contributed by atoms with Gasteiger partial charge in [-0.25, -0.2) is 9.98 Å². The zero-order valence-corrected chi connectivity index (χ0v) is 30.8. The van der Waals surface area contributed by atoms with Crippen molar-refractivity contribution in [2.24, 2.45) is 9.98 Å². The third-order valence-corrected chi connectivity index (χ3v) is 11.3. The molecular formula is C52H35N3O2. The molecule has 8 aromatic rings. The van der Waals surface area contributed by atoms with E-state index in [0.29, 0.717) is 28.8 Å². The second-order valence-corrected chi connectivity index (χ2v) is 14.5. The highest BCUT2D eigenvalue weighted by Crippen LogP contribution is 2.60. The number of ether oxygens (including phenoxy) is 2. The molecule has 8 aromatic carbocycles. The average molecular weight is 734 g/mol. The normalized spacial score (nSPS) is 15.6. The first kappa shape index (κ1) is 32.9. The van der Waals surface area contributed by atoms with Gasteiger partial charge in [0.1, 0.15) is 11.7 Å². The molecule has 1 atom stereocenters. The predicted octanol–water partition coefficient (Wildman–Crippen LogP) is 12.1. The zero-order chi connectivity index (χ0) is 37.8. The van der Waals surface area contributed by atoms with Crippen molar-refractivity contribution in [2.45, 2.75) is 11.6 Å². The fourth-order valence-corrected chi connectivity index (χ4v) is 8.68. The maximum Gasteiger partial charge on any atom is 0.181 e. The number of nitrogens with zero attached hydrogens (tertiary/aromatic N) is 2. The lowest BCUT2D eigenvalue weighted by molar-refractivity contribution is 0.358. The maximum absolute atomic E-state index is 6.94. The summed E-state index contributed by atoms with van der Waals surface area (Å²) in [5, 5.41) is 3.56. The summed E-state index contributed by atoms with van der Waals surface area (Å²) in [6, 6.07) is 69.7. The number of rotatable bonds is 6. The van der Waals surface area contributed by atoms with Gasteiger partial charge in [0.25, 0.3) is 0 Å². The van der Waals surface area contributed by atoms with E-state index in [1.165, 1.54) is 27.8 Å². The molecule has 5 nitrogen and oxygen atoms in total. The van der Waals surface area contributed by atoms with Crippen molar-refractivity contribution in [3.63, 3.8) is 0 Å². The van der Waals surface area contributed by atoms with E-state index >= 15 is 0 Å². The predicted molar refractivity (Wildman–Crippen MR) is 228 cm³/mol. The van der Waals surface area contributed by atoms with Crippen LogP contribution in [0.5, 0.6) is 23.0 Å². The smallest absolute Gasteiger partial charge is 0.181 e. The molecule has 0 fully saturated rings. The zero-order valence-electron chi connectivity index (χ0n) is 30.8. The lowest BCUT2D eigenvalue weighted by Crippen LogP contribution is -2.36. The fourth-order valence-electron chi connectivity index (χ4n) is 8.68. The van der Waals surface area contributed by atoms with Gasteiger partial charge in [-0.1, -0.05) is 176 Å². The number of amidine groups is 2. The van der Waals surface area contributed by atoms with E-state index in [9.17, 15) is 0 Å². The lowest BCUT2D eigenvalue weighted by Gasteiger charge is -2.34. The number of para-hydroxylation sites is 1. The van der Waals surface area contributed by atoms with Gasteiger partial charge in [-0.15, -0.1) is 0 Å². The third-order valence-electron chi connectivity index (χ3n) is 11.3. The van der Waals surface area contributed by atoms with Gasteiger partial charge in [-0.2, -0.15) is 0 Å². The molecule has 57 heavy (non-hydrogen) atoms. The molecule has 3 aliphatic rings. The Morgan fingerprint density at radius 2 is 0.965 bits per heavy atom. The van der Waals surface area contributed by atoms with Crippen LogP contribution in [0.2, 0.25) is 0 Å². The van der Waals surface area contributed by atoms with E-state index in [-0.39, 0.29) is 0 Å². The van der Waals surface area contributed by atoms with E-state index in [4.69, 9.17) is 19.5 Å². The Hall–Kier alpha value is -7.50. The third kappa shape index (κ3) is 5.39. The Labute approximate surface area is 331 Å². The van der Waals surface area contributed by atoms with Crippen molar-refractivity contribution in [3.05, 3.63) is 239 Å². The number of nitrogens with one attached hydrogen (secondary N) is 1. The first-order chi connectivity index (χ1) is 28.2. The van der Waals surface area contributed by atoms with E-state index in [2.05, 4.69) is 163 Å². The van der Waals surface area contributed by atoms with Crippen molar-refractivity contribution in [3.8, 4) is 45.3 Å². The van der Waals surface area contributed by atoms with Gasteiger partial charge in [0.15, 0.2) is 29.2 Å². The first-order valence-electron chi connectivity index (χ1n) is 19.3. The Balaban J connectivity index is 1.02. The molecule has 11 rings (SSSR count). The molecule has 0 saturated carbocycles. The van der Waals surface area contributed by atoms with Crippen LogP contribution in [0.1, 0.15) is 45.1 Å². The highest BCUT2D eigenvalue weighted by molar-refractivity contribution is 6.17. The molecule has 1 unspecified atom stereocenters. The van der Waals surface area contributed by atoms with Gasteiger partial charge in [-0.05, 0) is 74.3 Å². The van der Waals surface area contributed by atoms with Crippen LogP contribution in [0.25, 0.3) is 22.3 Å². The minimum Gasteiger partial charge on any atom is -0.449 e. The molecule has 0 amide bonds. The molecule has 1 N–H and O–H groups in total. The lowest BCUT2D eigenvalue weighted by atomic mass is 9.67. The quantitative estimate of drug-likeness (QED) is 0.185. The van der Waals surface area contributed by atoms with Gasteiger partial charge < -0.3 is 14.8 Å². The van der Waals surface area contributed by atoms with Gasteiger partial charge in [-0.3, -0.25) is 0 Å². The van der Waals surface area contributed by atoms with E-state index in [1.807, 2.05) is 42.5 Å². The van der Waals surface area contributed by atoms with Crippen molar-refractivity contribution < 1.29 is 9.47 Å². The van der Waals surface area contributed by atoms with Gasteiger partial charge in [0, 0.05) is 5.56 Å². The standard InChI is InChI=1S/C52H35N3O2/c1-5-16-34(17-6-1)35-28-30-37(31-29-35)50-53-49(36-18-7-2-8-19-36)54-51(55-50)41-25-15-27-45-48(41)57-46-32-42-40-24-13-14-26-43(40)52(38-20-9-3-10-21-38,39-22-11-4-12-23-39)44(42)33-47(46)56-45/h1-33,50H,(H,53,54,55). The van der Waals surface area contributed by atoms with Crippen LogP contribution >= 0.6 is 0 Å². The molecule has 0 bridgehead atoms. The van der Waals surface area contributed by atoms with E-state index < -0.39 is 11.6 Å². The van der Waals surface area contributed by atoms with Crippen molar-refractivity contribution >= 4 is 11.7 Å². The highest BCUT2D eigenvalue weighted by Gasteiger charge is 2.47. The monoisotopic (exact) mass is 733 g/mol. The largest absolute Gasteiger partial charge is 0.449 e. The molecule has 0 spiro atoms. The first-order valence-corrected chi connectivity index (χ1v) is 19.3. The van der Waals surface area contributed by atoms with Gasteiger partial charge >= 0.3 is 0 Å². The second-order valence-electron chi connectivity index (χ2n) is 14.5. The molecule has 0 radical (unpaired) electrons. The summed E-state index contributed by atoms with van der Waals surface area (Å²) in [4.78, 5) is 10.3. The fraction of sp³-hybridized carbons (Fsp3) is 0.0385. The number of aliphatic imine (C=N–C) groups is 2. The van der Waals surface area contributed by atoms with Gasteiger partial charge in [0.05, 0.1) is 11.0 Å². The highest BCUT2D eigenvalue weighted by atomic mass is 16.6. The SMILES string of the molecule is c1ccc(C2=NC(c3ccc(-c4ccccc4)cc3)N=C(c3cccc4c3Oc3cc5c(cc3O4)C(c3ccccc3)(c3ccccc3)c3ccccc3-5)N2)cc1. The van der Waals surface area contributed by atoms with Crippen molar-refractivity contribution in [1.29, 1.82) is 0 Å². The van der Waals surface area contributed by atoms with Crippen LogP contribution < -0.4 is 14.8 Å². The second kappa shape index (κ2) is 13.4. The molecule has 5 heteroatoms. The molecule has 2 heterocycles. The van der Waals surface area contributed by atoms with Crippen molar-refractivity contribution in [2.75, 3.05) is 0 Å². The Morgan fingerprint density at radius 3 is 1.67 bits per heavy atom. The molecule has 0 aromatic heterocycles. The number of hydrogen-bond donors (Lipinski definition) is 1. The van der Waals surface area contributed by atoms with Crippen LogP contribution in [0.3, 0.4) is 0 Å². The van der Waals surface area contributed by atoms with Crippen LogP contribution in [0.15, 0.2) is 210 Å². The minimum absolute atomic E-state index is 0.474. The van der Waals surface area contributed by atoms with E-state index in [0.717, 1.165) is 39.2 Å².